The van der Waals surface area contributed by atoms with Crippen molar-refractivity contribution >= 4 is 27.6 Å². The van der Waals surface area contributed by atoms with Crippen LogP contribution in [0.1, 0.15) is 12.8 Å². The van der Waals surface area contributed by atoms with Crippen LogP contribution >= 0.6 is 15.9 Å². The Morgan fingerprint density at radius 1 is 1.53 bits per heavy atom. The predicted molar refractivity (Wildman–Crippen MR) is 68.2 cm³/mol. The normalized spacial score (nSPS) is 27.3. The Morgan fingerprint density at radius 2 is 2.18 bits per heavy atom. The number of hydrogen-bond donors (Lipinski definition) is 2. The van der Waals surface area contributed by atoms with Crippen LogP contribution in [0.2, 0.25) is 0 Å². The maximum absolute atomic E-state index is 11.3. The van der Waals surface area contributed by atoms with Crippen molar-refractivity contribution in [3.63, 3.8) is 0 Å². The standard InChI is InChI=1S/C12H14BrNO3/c1-17-8-6-12(7-8,11(15)16)14-10-5-3-2-4-9(10)13/h2-5,8,14H,6-7H2,1H3,(H,15,16). The van der Waals surface area contributed by atoms with Gasteiger partial charge in [0.25, 0.3) is 0 Å². The Balaban J connectivity index is 2.16. The Labute approximate surface area is 108 Å². The molecule has 2 N–H and O–H groups in total. The van der Waals surface area contributed by atoms with Gasteiger partial charge in [0.15, 0.2) is 0 Å². The van der Waals surface area contributed by atoms with Crippen LogP contribution in [0.4, 0.5) is 5.69 Å². The van der Waals surface area contributed by atoms with Gasteiger partial charge in [-0.3, -0.25) is 0 Å². The fourth-order valence-corrected chi connectivity index (χ4v) is 2.42. The van der Waals surface area contributed by atoms with E-state index in [0.29, 0.717) is 12.8 Å². The summed E-state index contributed by atoms with van der Waals surface area (Å²) in [5, 5.41) is 12.4. The van der Waals surface area contributed by atoms with Crippen molar-refractivity contribution in [2.45, 2.75) is 24.5 Å². The van der Waals surface area contributed by atoms with Gasteiger partial charge in [0.2, 0.25) is 0 Å². The number of ether oxygens (including phenoxy) is 1. The maximum atomic E-state index is 11.3. The summed E-state index contributed by atoms with van der Waals surface area (Å²) < 4.78 is 6.01. The van der Waals surface area contributed by atoms with Crippen LogP contribution in [-0.2, 0) is 9.53 Å². The number of carboxylic acid groups (broad SMARTS) is 1. The number of carboxylic acids is 1. The molecular formula is C12H14BrNO3. The number of nitrogens with one attached hydrogen (secondary N) is 1. The van der Waals surface area contributed by atoms with E-state index in [1.807, 2.05) is 24.3 Å². The Hall–Kier alpha value is -1.07. The summed E-state index contributed by atoms with van der Waals surface area (Å²) in [5.74, 6) is -0.832. The maximum Gasteiger partial charge on any atom is 0.329 e. The minimum atomic E-state index is -0.898. The van der Waals surface area contributed by atoms with Crippen molar-refractivity contribution in [2.24, 2.45) is 0 Å². The molecule has 0 amide bonds. The second-order valence-electron chi connectivity index (χ2n) is 4.26. The Morgan fingerprint density at radius 3 is 2.71 bits per heavy atom. The molecular weight excluding hydrogens is 286 g/mol. The highest BCUT2D eigenvalue weighted by Crippen LogP contribution is 2.39. The highest BCUT2D eigenvalue weighted by molar-refractivity contribution is 9.10. The number of hydrogen-bond acceptors (Lipinski definition) is 3. The van der Waals surface area contributed by atoms with E-state index >= 15 is 0 Å². The third-order valence-electron chi connectivity index (χ3n) is 3.14. The molecule has 92 valence electrons. The first-order valence-electron chi connectivity index (χ1n) is 5.36. The molecule has 0 spiro atoms. The summed E-state index contributed by atoms with van der Waals surface area (Å²) in [5.41, 5.74) is -0.102. The van der Waals surface area contributed by atoms with Gasteiger partial charge in [-0.2, -0.15) is 0 Å². The van der Waals surface area contributed by atoms with E-state index < -0.39 is 11.5 Å². The fourth-order valence-electron chi connectivity index (χ4n) is 2.03. The number of rotatable bonds is 4. The number of carbonyl (C=O) groups is 1. The molecule has 1 aliphatic carbocycles. The minimum absolute atomic E-state index is 0.0288. The van der Waals surface area contributed by atoms with Gasteiger partial charge in [-0.1, -0.05) is 12.1 Å². The number of benzene rings is 1. The van der Waals surface area contributed by atoms with E-state index in [1.165, 1.54) is 0 Å². The van der Waals surface area contributed by atoms with E-state index in [4.69, 9.17) is 4.74 Å². The topological polar surface area (TPSA) is 58.6 Å². The zero-order valence-electron chi connectivity index (χ0n) is 9.44. The molecule has 0 aliphatic heterocycles. The molecule has 5 heteroatoms. The van der Waals surface area contributed by atoms with Gasteiger partial charge >= 0.3 is 5.97 Å². The quantitative estimate of drug-likeness (QED) is 0.897. The number of para-hydroxylation sites is 1. The molecule has 1 aromatic carbocycles. The van der Waals surface area contributed by atoms with Gasteiger partial charge < -0.3 is 15.2 Å². The number of anilines is 1. The van der Waals surface area contributed by atoms with Crippen LogP contribution in [0.15, 0.2) is 28.7 Å². The third kappa shape index (κ3) is 2.30. The lowest BCUT2D eigenvalue weighted by molar-refractivity contribution is -0.151. The van der Waals surface area contributed by atoms with Crippen molar-refractivity contribution < 1.29 is 14.6 Å². The van der Waals surface area contributed by atoms with Crippen LogP contribution in [0.25, 0.3) is 0 Å². The van der Waals surface area contributed by atoms with E-state index in [9.17, 15) is 9.90 Å². The van der Waals surface area contributed by atoms with Gasteiger partial charge in [0.1, 0.15) is 5.54 Å². The van der Waals surface area contributed by atoms with Crippen LogP contribution in [-0.4, -0.2) is 29.8 Å². The molecule has 0 atom stereocenters. The number of aliphatic carboxylic acids is 1. The number of halogens is 1. The summed E-state index contributed by atoms with van der Waals surface area (Å²) in [7, 11) is 1.61. The van der Waals surface area contributed by atoms with Crippen molar-refractivity contribution in [1.82, 2.24) is 0 Å². The summed E-state index contributed by atoms with van der Waals surface area (Å²) in [6.07, 6.45) is 1.00. The SMILES string of the molecule is COC1CC(Nc2ccccc2Br)(C(=O)O)C1. The molecule has 0 saturated heterocycles. The fraction of sp³-hybridized carbons (Fsp3) is 0.417. The van der Waals surface area contributed by atoms with E-state index in [2.05, 4.69) is 21.2 Å². The zero-order chi connectivity index (χ0) is 12.5. The second-order valence-corrected chi connectivity index (χ2v) is 5.11. The van der Waals surface area contributed by atoms with E-state index in [1.54, 1.807) is 7.11 Å². The Kier molecular flexibility index (Phi) is 3.40. The Bertz CT molecular complexity index is 430. The molecule has 1 aromatic rings. The van der Waals surface area contributed by atoms with Gasteiger partial charge in [0.05, 0.1) is 6.10 Å². The van der Waals surface area contributed by atoms with E-state index in [-0.39, 0.29) is 6.10 Å². The molecule has 4 nitrogen and oxygen atoms in total. The molecule has 0 bridgehead atoms. The molecule has 0 heterocycles. The molecule has 2 rings (SSSR count). The van der Waals surface area contributed by atoms with Crippen molar-refractivity contribution in [2.75, 3.05) is 12.4 Å². The van der Waals surface area contributed by atoms with Crippen molar-refractivity contribution in [1.29, 1.82) is 0 Å². The van der Waals surface area contributed by atoms with Gasteiger partial charge in [-0.25, -0.2) is 4.79 Å². The summed E-state index contributed by atoms with van der Waals surface area (Å²) in [4.78, 5) is 11.3. The lowest BCUT2D eigenvalue weighted by Gasteiger charge is -2.44. The lowest BCUT2D eigenvalue weighted by Crippen LogP contribution is -2.59. The van der Waals surface area contributed by atoms with Crippen molar-refractivity contribution in [3.8, 4) is 0 Å². The smallest absolute Gasteiger partial charge is 0.329 e. The van der Waals surface area contributed by atoms with Gasteiger partial charge in [-0.15, -0.1) is 0 Å². The summed E-state index contributed by atoms with van der Waals surface area (Å²) in [6.45, 7) is 0. The predicted octanol–water partition coefficient (Wildman–Crippen LogP) is 2.49. The van der Waals surface area contributed by atoms with Crippen LogP contribution in [0.5, 0.6) is 0 Å². The molecule has 1 fully saturated rings. The van der Waals surface area contributed by atoms with Crippen LogP contribution in [0.3, 0.4) is 0 Å². The first kappa shape index (κ1) is 12.4. The van der Waals surface area contributed by atoms with Gasteiger partial charge in [0, 0.05) is 30.1 Å². The zero-order valence-corrected chi connectivity index (χ0v) is 11.0. The van der Waals surface area contributed by atoms with E-state index in [0.717, 1.165) is 10.2 Å². The first-order valence-corrected chi connectivity index (χ1v) is 6.15. The highest BCUT2D eigenvalue weighted by Gasteiger charge is 2.51. The summed E-state index contributed by atoms with van der Waals surface area (Å²) >= 11 is 3.40. The average Bonchev–Trinajstić information content (AvgIpc) is 2.24. The molecule has 0 unspecified atom stereocenters. The molecule has 17 heavy (non-hydrogen) atoms. The molecule has 0 radical (unpaired) electrons. The second kappa shape index (κ2) is 4.66. The average molecular weight is 300 g/mol. The largest absolute Gasteiger partial charge is 0.480 e. The number of methoxy groups -OCH3 is 1. The minimum Gasteiger partial charge on any atom is -0.480 e. The van der Waals surface area contributed by atoms with Gasteiger partial charge in [-0.05, 0) is 28.1 Å². The monoisotopic (exact) mass is 299 g/mol. The van der Waals surface area contributed by atoms with Crippen LogP contribution < -0.4 is 5.32 Å². The lowest BCUT2D eigenvalue weighted by atomic mass is 9.74. The first-order chi connectivity index (χ1) is 8.07. The molecule has 0 aromatic heterocycles. The molecule has 1 aliphatic rings. The summed E-state index contributed by atoms with van der Waals surface area (Å²) in [6, 6.07) is 7.50. The van der Waals surface area contributed by atoms with Crippen LogP contribution in [0, 0.1) is 0 Å². The third-order valence-corrected chi connectivity index (χ3v) is 3.83. The van der Waals surface area contributed by atoms with Crippen molar-refractivity contribution in [3.05, 3.63) is 28.7 Å². The molecule has 1 saturated carbocycles. The highest BCUT2D eigenvalue weighted by atomic mass is 79.9.